The number of carbonyl (C=O) groups excluding carboxylic acids is 1. The van der Waals surface area contributed by atoms with Gasteiger partial charge in [0.05, 0.1) is 5.69 Å². The predicted octanol–water partition coefficient (Wildman–Crippen LogP) is 2.70. The number of anilines is 1. The highest BCUT2D eigenvalue weighted by Gasteiger charge is 2.39. The molecule has 2 atom stereocenters. The van der Waals surface area contributed by atoms with Crippen LogP contribution in [0.3, 0.4) is 0 Å². The van der Waals surface area contributed by atoms with Crippen molar-refractivity contribution in [3.05, 3.63) is 29.6 Å². The first kappa shape index (κ1) is 11.0. The first-order valence-electron chi connectivity index (χ1n) is 4.95. The van der Waals surface area contributed by atoms with Crippen molar-refractivity contribution >= 4 is 11.6 Å². The molecule has 1 aliphatic rings. The lowest BCUT2D eigenvalue weighted by Crippen LogP contribution is -2.16. The Morgan fingerprint density at radius 1 is 1.31 bits per heavy atom. The van der Waals surface area contributed by atoms with Gasteiger partial charge in [0.25, 0.3) is 0 Å². The van der Waals surface area contributed by atoms with E-state index in [1.807, 2.05) is 6.92 Å². The average Bonchev–Trinajstić information content (AvgIpc) is 2.96. The third-order valence-corrected chi connectivity index (χ3v) is 2.74. The number of carbonyl (C=O) groups is 1. The van der Waals surface area contributed by atoms with Crippen LogP contribution >= 0.6 is 0 Å². The van der Waals surface area contributed by atoms with Gasteiger partial charge in [-0.15, -0.1) is 0 Å². The summed E-state index contributed by atoms with van der Waals surface area (Å²) in [6.45, 7) is 1.89. The highest BCUT2D eigenvalue weighted by Crippen LogP contribution is 2.38. The fourth-order valence-electron chi connectivity index (χ4n) is 1.54. The van der Waals surface area contributed by atoms with Gasteiger partial charge in [-0.2, -0.15) is 0 Å². The zero-order valence-electron chi connectivity index (χ0n) is 8.56. The van der Waals surface area contributed by atoms with E-state index in [0.717, 1.165) is 18.6 Å². The third kappa shape index (κ3) is 1.89. The van der Waals surface area contributed by atoms with Crippen molar-refractivity contribution in [2.24, 2.45) is 11.8 Å². The number of hydrogen-bond acceptors (Lipinski definition) is 1. The maximum Gasteiger partial charge on any atom is 0.227 e. The molecule has 5 heteroatoms. The Bertz CT molecular complexity index is 447. The molecule has 2 nitrogen and oxygen atoms in total. The molecule has 0 saturated heterocycles. The van der Waals surface area contributed by atoms with E-state index in [1.165, 1.54) is 0 Å². The van der Waals surface area contributed by atoms with Crippen molar-refractivity contribution < 1.29 is 18.0 Å². The minimum Gasteiger partial charge on any atom is -0.323 e. The summed E-state index contributed by atoms with van der Waals surface area (Å²) in [6, 6.07) is 1.79. The summed E-state index contributed by atoms with van der Waals surface area (Å²) in [5.41, 5.74) is -0.317. The van der Waals surface area contributed by atoms with Crippen LogP contribution in [0.2, 0.25) is 0 Å². The van der Waals surface area contributed by atoms with Crippen LogP contribution < -0.4 is 5.32 Å². The minimum absolute atomic E-state index is 0.146. The number of amides is 1. The maximum atomic E-state index is 13.2. The molecule has 0 unspecified atom stereocenters. The molecule has 1 amide bonds. The number of hydrogen-bond donors (Lipinski definition) is 1. The van der Waals surface area contributed by atoms with Crippen molar-refractivity contribution in [2.45, 2.75) is 13.3 Å². The van der Waals surface area contributed by atoms with Gasteiger partial charge in [0.1, 0.15) is 0 Å². The normalized spacial score (nSPS) is 23.0. The summed E-state index contributed by atoms with van der Waals surface area (Å²) < 4.78 is 38.6. The number of nitrogens with one attached hydrogen (secondary N) is 1. The van der Waals surface area contributed by atoms with Gasteiger partial charge >= 0.3 is 0 Å². The molecule has 0 bridgehead atoms. The molecule has 1 fully saturated rings. The van der Waals surface area contributed by atoms with Crippen LogP contribution in [-0.2, 0) is 4.79 Å². The first-order chi connectivity index (χ1) is 7.50. The fraction of sp³-hybridized carbons (Fsp3) is 0.364. The molecule has 0 radical (unpaired) electrons. The van der Waals surface area contributed by atoms with E-state index >= 15 is 0 Å². The number of rotatable bonds is 2. The maximum absolute atomic E-state index is 13.2. The van der Waals surface area contributed by atoms with Gasteiger partial charge in [-0.1, -0.05) is 6.92 Å². The molecule has 1 aromatic rings. The molecule has 0 aromatic heterocycles. The minimum atomic E-state index is -1.57. The van der Waals surface area contributed by atoms with Crippen molar-refractivity contribution in [3.63, 3.8) is 0 Å². The summed E-state index contributed by atoms with van der Waals surface area (Å²) in [7, 11) is 0. The monoisotopic (exact) mass is 229 g/mol. The molecule has 0 spiro atoms. The highest BCUT2D eigenvalue weighted by atomic mass is 19.2. The van der Waals surface area contributed by atoms with Gasteiger partial charge in [-0.05, 0) is 24.5 Å². The van der Waals surface area contributed by atoms with Crippen molar-refractivity contribution in [1.29, 1.82) is 0 Å². The second-order valence-corrected chi connectivity index (χ2v) is 4.03. The van der Waals surface area contributed by atoms with E-state index < -0.39 is 17.5 Å². The largest absolute Gasteiger partial charge is 0.323 e. The Balaban J connectivity index is 2.16. The lowest BCUT2D eigenvalue weighted by Gasteiger charge is -2.06. The van der Waals surface area contributed by atoms with Gasteiger partial charge < -0.3 is 5.32 Å². The Morgan fingerprint density at radius 2 is 1.94 bits per heavy atom. The van der Waals surface area contributed by atoms with Gasteiger partial charge in [-0.3, -0.25) is 4.79 Å². The standard InChI is InChI=1S/C11H10F3NO/c1-5-4-6(5)11(16)15-8-3-2-7(12)9(13)10(8)14/h2-3,5-6H,4H2,1H3,(H,15,16)/t5-,6-/m0/s1. The van der Waals surface area contributed by atoms with Crippen LogP contribution in [0.1, 0.15) is 13.3 Å². The highest BCUT2D eigenvalue weighted by molar-refractivity contribution is 5.94. The first-order valence-corrected chi connectivity index (χ1v) is 4.95. The Kier molecular flexibility index (Phi) is 2.61. The molecule has 86 valence electrons. The third-order valence-electron chi connectivity index (χ3n) is 2.74. The van der Waals surface area contributed by atoms with Crippen LogP contribution in [0.15, 0.2) is 12.1 Å². The van der Waals surface area contributed by atoms with Crippen LogP contribution in [0.4, 0.5) is 18.9 Å². The summed E-state index contributed by atoms with van der Waals surface area (Å²) in [5, 5.41) is 2.25. The van der Waals surface area contributed by atoms with E-state index in [-0.39, 0.29) is 23.4 Å². The quantitative estimate of drug-likeness (QED) is 0.776. The lowest BCUT2D eigenvalue weighted by molar-refractivity contribution is -0.117. The summed E-state index contributed by atoms with van der Waals surface area (Å²) >= 11 is 0. The Morgan fingerprint density at radius 3 is 2.50 bits per heavy atom. The van der Waals surface area contributed by atoms with E-state index in [2.05, 4.69) is 5.32 Å². The van der Waals surface area contributed by atoms with Gasteiger partial charge in [-0.25, -0.2) is 13.2 Å². The molecule has 1 aromatic carbocycles. The topological polar surface area (TPSA) is 29.1 Å². The zero-order valence-corrected chi connectivity index (χ0v) is 8.56. The van der Waals surface area contributed by atoms with E-state index in [4.69, 9.17) is 0 Å². The van der Waals surface area contributed by atoms with Gasteiger partial charge in [0.2, 0.25) is 5.91 Å². The van der Waals surface area contributed by atoms with Crippen molar-refractivity contribution in [3.8, 4) is 0 Å². The number of benzene rings is 1. The van der Waals surface area contributed by atoms with E-state index in [9.17, 15) is 18.0 Å². The molecule has 1 aliphatic carbocycles. The molecule has 1 N–H and O–H groups in total. The SMILES string of the molecule is C[C@H]1C[C@@H]1C(=O)Nc1ccc(F)c(F)c1F. The molecular formula is C11H10F3NO. The molecule has 2 rings (SSSR count). The Hall–Kier alpha value is -1.52. The molecule has 1 saturated carbocycles. The second-order valence-electron chi connectivity index (χ2n) is 4.03. The van der Waals surface area contributed by atoms with Crippen molar-refractivity contribution in [2.75, 3.05) is 5.32 Å². The van der Waals surface area contributed by atoms with Crippen LogP contribution in [0, 0.1) is 29.3 Å². The fourth-order valence-corrected chi connectivity index (χ4v) is 1.54. The summed E-state index contributed by atoms with van der Waals surface area (Å²) in [5.74, 6) is -4.42. The lowest BCUT2D eigenvalue weighted by atomic mass is 10.2. The van der Waals surface area contributed by atoms with E-state index in [0.29, 0.717) is 0 Å². The predicted molar refractivity (Wildman–Crippen MR) is 52.2 cm³/mol. The molecule has 16 heavy (non-hydrogen) atoms. The van der Waals surface area contributed by atoms with Gasteiger partial charge in [0, 0.05) is 5.92 Å². The average molecular weight is 229 g/mol. The molecular weight excluding hydrogens is 219 g/mol. The smallest absolute Gasteiger partial charge is 0.227 e. The van der Waals surface area contributed by atoms with E-state index in [1.54, 1.807) is 0 Å². The van der Waals surface area contributed by atoms with Crippen LogP contribution in [0.5, 0.6) is 0 Å². The summed E-state index contributed by atoms with van der Waals surface area (Å²) in [4.78, 5) is 11.4. The van der Waals surface area contributed by atoms with Crippen LogP contribution in [0.25, 0.3) is 0 Å². The molecule has 0 aliphatic heterocycles. The zero-order chi connectivity index (χ0) is 11.9. The van der Waals surface area contributed by atoms with Gasteiger partial charge in [0.15, 0.2) is 17.5 Å². The second kappa shape index (κ2) is 3.81. The molecule has 0 heterocycles. The van der Waals surface area contributed by atoms with Crippen molar-refractivity contribution in [1.82, 2.24) is 0 Å². The Labute approximate surface area is 90.5 Å². The number of halogens is 3. The van der Waals surface area contributed by atoms with Crippen LogP contribution in [-0.4, -0.2) is 5.91 Å². The summed E-state index contributed by atoms with van der Waals surface area (Å²) in [6.07, 6.45) is 0.747.